The van der Waals surface area contributed by atoms with E-state index >= 15 is 0 Å². The number of rotatable bonds is 3. The molecule has 20 heavy (non-hydrogen) atoms. The summed E-state index contributed by atoms with van der Waals surface area (Å²) < 4.78 is 33.5. The van der Waals surface area contributed by atoms with Gasteiger partial charge >= 0.3 is 0 Å². The smallest absolute Gasteiger partial charge is 0.242 e. The fraction of sp³-hybridized carbons (Fsp3) is 0.0714. The molecule has 0 spiro atoms. The Labute approximate surface area is 118 Å². The van der Waals surface area contributed by atoms with Gasteiger partial charge < -0.3 is 4.74 Å². The van der Waals surface area contributed by atoms with E-state index < -0.39 is 11.6 Å². The van der Waals surface area contributed by atoms with Crippen molar-refractivity contribution in [2.24, 2.45) is 0 Å². The van der Waals surface area contributed by atoms with E-state index in [1.165, 1.54) is 0 Å². The maximum absolute atomic E-state index is 13.1. The van der Waals surface area contributed by atoms with E-state index in [9.17, 15) is 8.78 Å². The molecule has 2 aromatic heterocycles. The molecule has 1 aromatic carbocycles. The lowest BCUT2D eigenvalue weighted by Gasteiger charge is -2.04. The van der Waals surface area contributed by atoms with Crippen LogP contribution in [0, 0.1) is 11.6 Å². The number of nitrogens with zero attached hydrogens (tertiary/aromatic N) is 2. The minimum Gasteiger partial charge on any atom is -0.437 e. The van der Waals surface area contributed by atoms with Crippen molar-refractivity contribution < 1.29 is 13.5 Å². The van der Waals surface area contributed by atoms with E-state index in [1.54, 1.807) is 16.7 Å². The summed E-state index contributed by atoms with van der Waals surface area (Å²) in [4.78, 5) is 4.25. The van der Waals surface area contributed by atoms with Crippen LogP contribution in [0.2, 0.25) is 0 Å². The number of halogens is 3. The van der Waals surface area contributed by atoms with Crippen molar-refractivity contribution in [3.63, 3.8) is 0 Å². The first-order valence-electron chi connectivity index (χ1n) is 5.83. The highest BCUT2D eigenvalue weighted by atomic mass is 35.5. The molecule has 0 amide bonds. The van der Waals surface area contributed by atoms with Gasteiger partial charge in [-0.2, -0.15) is 4.98 Å². The van der Waals surface area contributed by atoms with Crippen LogP contribution in [0.1, 0.15) is 5.69 Å². The van der Waals surface area contributed by atoms with E-state index in [0.29, 0.717) is 11.3 Å². The molecule has 0 N–H and O–H groups in total. The molecule has 3 rings (SSSR count). The van der Waals surface area contributed by atoms with E-state index in [4.69, 9.17) is 16.3 Å². The molecular weight excluding hydrogens is 286 g/mol. The maximum Gasteiger partial charge on any atom is 0.242 e. The quantitative estimate of drug-likeness (QED) is 0.679. The van der Waals surface area contributed by atoms with Gasteiger partial charge in [-0.05, 0) is 12.1 Å². The Bertz CT molecular complexity index is 753. The van der Waals surface area contributed by atoms with E-state index in [0.717, 1.165) is 18.2 Å². The molecule has 0 aliphatic carbocycles. The van der Waals surface area contributed by atoms with Gasteiger partial charge in [0.05, 0.1) is 5.88 Å². The molecule has 0 unspecified atom stereocenters. The number of hydrogen-bond donors (Lipinski definition) is 0. The third-order valence-corrected chi connectivity index (χ3v) is 3.02. The number of fused-ring (bicyclic) bond motifs is 1. The molecule has 0 saturated carbocycles. The fourth-order valence-electron chi connectivity index (χ4n) is 1.93. The lowest BCUT2D eigenvalue weighted by Crippen LogP contribution is -1.93. The molecule has 0 bridgehead atoms. The second-order valence-electron chi connectivity index (χ2n) is 4.13. The molecule has 3 nitrogen and oxygen atoms in total. The highest BCUT2D eigenvalue weighted by molar-refractivity contribution is 6.17. The Morgan fingerprint density at radius 2 is 1.90 bits per heavy atom. The summed E-state index contributed by atoms with van der Waals surface area (Å²) in [5.41, 5.74) is 1.27. The summed E-state index contributed by atoms with van der Waals surface area (Å²) in [5, 5.41) is 0. The summed E-state index contributed by atoms with van der Waals surface area (Å²) in [6, 6.07) is 8.40. The van der Waals surface area contributed by atoms with Crippen molar-refractivity contribution in [3.8, 4) is 11.6 Å². The zero-order chi connectivity index (χ0) is 14.1. The first kappa shape index (κ1) is 12.9. The van der Waals surface area contributed by atoms with Crippen LogP contribution < -0.4 is 4.74 Å². The number of alkyl halides is 1. The number of imidazole rings is 1. The lowest BCUT2D eigenvalue weighted by atomic mass is 10.3. The van der Waals surface area contributed by atoms with Gasteiger partial charge in [-0.25, -0.2) is 8.78 Å². The van der Waals surface area contributed by atoms with Crippen LogP contribution in [-0.2, 0) is 5.88 Å². The van der Waals surface area contributed by atoms with Crippen molar-refractivity contribution in [1.29, 1.82) is 0 Å². The van der Waals surface area contributed by atoms with Crippen molar-refractivity contribution >= 4 is 17.2 Å². The molecule has 6 heteroatoms. The Morgan fingerprint density at radius 3 is 2.60 bits per heavy atom. The Balaban J connectivity index is 2.05. The maximum atomic E-state index is 13.1. The molecule has 0 fully saturated rings. The van der Waals surface area contributed by atoms with E-state index in [-0.39, 0.29) is 17.5 Å². The third-order valence-electron chi connectivity index (χ3n) is 2.77. The van der Waals surface area contributed by atoms with Crippen molar-refractivity contribution in [3.05, 3.63) is 59.9 Å². The summed E-state index contributed by atoms with van der Waals surface area (Å²) in [6.45, 7) is 0. The third kappa shape index (κ3) is 2.32. The largest absolute Gasteiger partial charge is 0.437 e. The van der Waals surface area contributed by atoms with E-state index in [2.05, 4.69) is 4.98 Å². The lowest BCUT2D eigenvalue weighted by molar-refractivity contribution is 0.450. The summed E-state index contributed by atoms with van der Waals surface area (Å²) in [7, 11) is 0. The predicted molar refractivity (Wildman–Crippen MR) is 71.2 cm³/mol. The Kier molecular flexibility index (Phi) is 3.28. The summed E-state index contributed by atoms with van der Waals surface area (Å²) >= 11 is 5.89. The van der Waals surface area contributed by atoms with E-state index in [1.807, 2.05) is 12.1 Å². The highest BCUT2D eigenvalue weighted by Crippen LogP contribution is 2.28. The van der Waals surface area contributed by atoms with Crippen LogP contribution in [0.15, 0.2) is 42.6 Å². The zero-order valence-electron chi connectivity index (χ0n) is 10.2. The number of ether oxygens (including phenoxy) is 1. The number of hydrogen-bond acceptors (Lipinski definition) is 2. The highest BCUT2D eigenvalue weighted by Gasteiger charge is 2.14. The van der Waals surface area contributed by atoms with Crippen LogP contribution in [-0.4, -0.2) is 9.38 Å². The average molecular weight is 295 g/mol. The van der Waals surface area contributed by atoms with Crippen LogP contribution in [0.3, 0.4) is 0 Å². The SMILES string of the molecule is Fc1cc(F)cc(Oc2nc3ccccn3c2CCl)c1. The Hall–Kier alpha value is -2.14. The zero-order valence-corrected chi connectivity index (χ0v) is 10.9. The van der Waals surface area contributed by atoms with Gasteiger partial charge in [0, 0.05) is 24.4 Å². The van der Waals surface area contributed by atoms with Crippen LogP contribution in [0.4, 0.5) is 8.78 Å². The molecule has 0 radical (unpaired) electrons. The van der Waals surface area contributed by atoms with Gasteiger partial charge in [0.15, 0.2) is 0 Å². The molecule has 0 aliphatic heterocycles. The molecule has 2 heterocycles. The molecule has 102 valence electrons. The monoisotopic (exact) mass is 294 g/mol. The second-order valence-corrected chi connectivity index (χ2v) is 4.40. The summed E-state index contributed by atoms with van der Waals surface area (Å²) in [5.74, 6) is -0.987. The van der Waals surface area contributed by atoms with Gasteiger partial charge in [0.1, 0.15) is 28.7 Å². The standard InChI is InChI=1S/C14H9ClF2N2O/c15-8-12-14(18-13-3-1-2-4-19(12)13)20-11-6-9(16)5-10(17)7-11/h1-7H,8H2. The first-order valence-corrected chi connectivity index (χ1v) is 6.36. The van der Waals surface area contributed by atoms with Crippen molar-refractivity contribution in [2.75, 3.05) is 0 Å². The first-order chi connectivity index (χ1) is 9.67. The Morgan fingerprint density at radius 1 is 1.15 bits per heavy atom. The van der Waals surface area contributed by atoms with Gasteiger partial charge in [-0.15, -0.1) is 11.6 Å². The van der Waals surface area contributed by atoms with Gasteiger partial charge in [0.2, 0.25) is 5.88 Å². The topological polar surface area (TPSA) is 26.5 Å². The number of benzene rings is 1. The van der Waals surface area contributed by atoms with Crippen molar-refractivity contribution in [2.45, 2.75) is 5.88 Å². The van der Waals surface area contributed by atoms with Crippen molar-refractivity contribution in [1.82, 2.24) is 9.38 Å². The minimum atomic E-state index is -0.712. The molecule has 0 saturated heterocycles. The fourth-order valence-corrected chi connectivity index (χ4v) is 2.17. The van der Waals surface area contributed by atoms with Crippen LogP contribution in [0.5, 0.6) is 11.6 Å². The van der Waals surface area contributed by atoms with Gasteiger partial charge in [-0.1, -0.05) is 6.07 Å². The molecule has 3 aromatic rings. The molecule has 0 atom stereocenters. The van der Waals surface area contributed by atoms with Crippen LogP contribution in [0.25, 0.3) is 5.65 Å². The van der Waals surface area contributed by atoms with Crippen LogP contribution >= 0.6 is 11.6 Å². The predicted octanol–water partition coefficient (Wildman–Crippen LogP) is 4.14. The number of pyridine rings is 1. The normalized spacial score (nSPS) is 10.9. The van der Waals surface area contributed by atoms with Gasteiger partial charge in [-0.3, -0.25) is 4.40 Å². The molecular formula is C14H9ClF2N2O. The number of aromatic nitrogens is 2. The second kappa shape index (κ2) is 5.09. The molecule has 0 aliphatic rings. The minimum absolute atomic E-state index is 0.0391. The van der Waals surface area contributed by atoms with Gasteiger partial charge in [0.25, 0.3) is 0 Å². The average Bonchev–Trinajstić information content (AvgIpc) is 2.74. The summed E-state index contributed by atoms with van der Waals surface area (Å²) in [6.07, 6.45) is 1.79.